The summed E-state index contributed by atoms with van der Waals surface area (Å²) in [6.45, 7) is 0.149. The molecule has 0 aliphatic carbocycles. The quantitative estimate of drug-likeness (QED) is 0.499. The summed E-state index contributed by atoms with van der Waals surface area (Å²) < 4.78 is 1.38. The zero-order chi connectivity index (χ0) is 15.1. The van der Waals surface area contributed by atoms with Gasteiger partial charge in [0.05, 0.1) is 0 Å². The van der Waals surface area contributed by atoms with E-state index >= 15 is 0 Å². The van der Waals surface area contributed by atoms with Crippen molar-refractivity contribution in [3.8, 4) is 0 Å². The highest BCUT2D eigenvalue weighted by molar-refractivity contribution is 6.35. The van der Waals surface area contributed by atoms with Gasteiger partial charge in [0.2, 0.25) is 5.91 Å². The van der Waals surface area contributed by atoms with E-state index < -0.39 is 0 Å². The molecule has 0 aliphatic heterocycles. The number of rotatable bonds is 6. The topological polar surface area (TPSA) is 81.4 Å². The van der Waals surface area contributed by atoms with E-state index in [2.05, 4.69) is 20.6 Å². The highest BCUT2D eigenvalue weighted by Gasteiger charge is 2.05. The SMILES string of the molecule is O=C(Cn1cncn1)N/C=N/OCc1c(Cl)cccc1Cl. The van der Waals surface area contributed by atoms with Crippen LogP contribution in [0.2, 0.25) is 10.0 Å². The molecular formula is C12H11Cl2N5O2. The van der Waals surface area contributed by atoms with Crippen LogP contribution in [0.1, 0.15) is 5.56 Å². The Morgan fingerprint density at radius 3 is 2.86 bits per heavy atom. The third-order valence-corrected chi connectivity index (χ3v) is 3.10. The molecule has 0 aliphatic rings. The summed E-state index contributed by atoms with van der Waals surface area (Å²) >= 11 is 11.9. The molecule has 0 unspecified atom stereocenters. The molecule has 1 N–H and O–H groups in total. The molecule has 110 valence electrons. The summed E-state index contributed by atoms with van der Waals surface area (Å²) in [6, 6.07) is 5.15. The van der Waals surface area contributed by atoms with Crippen molar-refractivity contribution in [2.24, 2.45) is 5.16 Å². The van der Waals surface area contributed by atoms with Crippen LogP contribution in [0, 0.1) is 0 Å². The van der Waals surface area contributed by atoms with Gasteiger partial charge in [-0.1, -0.05) is 34.4 Å². The van der Waals surface area contributed by atoms with Crippen molar-refractivity contribution < 1.29 is 9.63 Å². The molecule has 0 atom stereocenters. The first-order chi connectivity index (χ1) is 10.2. The molecule has 0 saturated heterocycles. The number of hydrogen-bond donors (Lipinski definition) is 1. The number of amides is 1. The van der Waals surface area contributed by atoms with Crippen LogP contribution >= 0.6 is 23.2 Å². The Morgan fingerprint density at radius 1 is 1.43 bits per heavy atom. The average molecular weight is 328 g/mol. The number of carbonyl (C=O) groups is 1. The van der Waals surface area contributed by atoms with Crippen molar-refractivity contribution >= 4 is 35.4 Å². The van der Waals surface area contributed by atoms with E-state index in [9.17, 15) is 4.79 Å². The normalized spacial score (nSPS) is 10.8. The number of benzene rings is 1. The van der Waals surface area contributed by atoms with Gasteiger partial charge >= 0.3 is 0 Å². The summed E-state index contributed by atoms with van der Waals surface area (Å²) in [7, 11) is 0. The molecular weight excluding hydrogens is 317 g/mol. The molecule has 0 bridgehead atoms. The van der Waals surface area contributed by atoms with Crippen LogP contribution < -0.4 is 5.32 Å². The predicted octanol–water partition coefficient (Wildman–Crippen LogP) is 1.86. The van der Waals surface area contributed by atoms with Crippen LogP contribution in [-0.2, 0) is 22.8 Å². The minimum Gasteiger partial charge on any atom is -0.390 e. The second-order valence-corrected chi connectivity index (χ2v) is 4.68. The molecule has 1 aromatic carbocycles. The van der Waals surface area contributed by atoms with Gasteiger partial charge < -0.3 is 10.2 Å². The molecule has 0 saturated carbocycles. The molecule has 0 spiro atoms. The molecule has 21 heavy (non-hydrogen) atoms. The first-order valence-electron chi connectivity index (χ1n) is 5.85. The number of aromatic nitrogens is 3. The molecule has 2 aromatic rings. The number of carbonyl (C=O) groups excluding carboxylic acids is 1. The highest BCUT2D eigenvalue weighted by atomic mass is 35.5. The third kappa shape index (κ3) is 4.73. The van der Waals surface area contributed by atoms with Crippen LogP contribution in [0.15, 0.2) is 36.0 Å². The number of halogens is 2. The zero-order valence-corrected chi connectivity index (χ0v) is 12.3. The fourth-order valence-electron chi connectivity index (χ4n) is 1.41. The lowest BCUT2D eigenvalue weighted by Crippen LogP contribution is -2.26. The smallest absolute Gasteiger partial charge is 0.246 e. The van der Waals surface area contributed by atoms with Crippen LogP contribution in [-0.4, -0.2) is 27.0 Å². The lowest BCUT2D eigenvalue weighted by molar-refractivity contribution is -0.120. The van der Waals surface area contributed by atoms with Gasteiger partial charge in [-0.3, -0.25) is 4.79 Å². The zero-order valence-electron chi connectivity index (χ0n) is 10.7. The van der Waals surface area contributed by atoms with E-state index in [0.29, 0.717) is 15.6 Å². The molecule has 7 nitrogen and oxygen atoms in total. The fraction of sp³-hybridized carbons (Fsp3) is 0.167. The maximum Gasteiger partial charge on any atom is 0.246 e. The van der Waals surface area contributed by atoms with E-state index in [1.807, 2.05) is 0 Å². The minimum atomic E-state index is -0.302. The number of nitrogens with one attached hydrogen (secondary N) is 1. The van der Waals surface area contributed by atoms with E-state index in [1.165, 1.54) is 17.3 Å². The molecule has 1 heterocycles. The van der Waals surface area contributed by atoms with Gasteiger partial charge in [-0.05, 0) is 12.1 Å². The molecule has 2 rings (SSSR count). The Morgan fingerprint density at radius 2 is 2.19 bits per heavy atom. The predicted molar refractivity (Wildman–Crippen MR) is 77.9 cm³/mol. The average Bonchev–Trinajstić information content (AvgIpc) is 2.94. The molecule has 0 fully saturated rings. The first-order valence-corrected chi connectivity index (χ1v) is 6.61. The highest BCUT2D eigenvalue weighted by Crippen LogP contribution is 2.24. The fourth-order valence-corrected chi connectivity index (χ4v) is 1.92. The Balaban J connectivity index is 1.74. The lowest BCUT2D eigenvalue weighted by atomic mass is 10.2. The molecule has 9 heteroatoms. The van der Waals surface area contributed by atoms with Gasteiger partial charge in [0, 0.05) is 15.6 Å². The van der Waals surface area contributed by atoms with Gasteiger partial charge in [0.25, 0.3) is 0 Å². The Bertz CT molecular complexity index is 610. The summed E-state index contributed by atoms with van der Waals surface area (Å²) in [5, 5.41) is 10.8. The van der Waals surface area contributed by atoms with E-state index in [0.717, 1.165) is 6.34 Å². The number of nitrogens with zero attached hydrogens (tertiary/aromatic N) is 4. The van der Waals surface area contributed by atoms with Gasteiger partial charge in [-0.2, -0.15) is 5.10 Å². The maximum atomic E-state index is 11.5. The number of hydrogen-bond acceptors (Lipinski definition) is 5. The molecule has 1 aromatic heterocycles. The summed E-state index contributed by atoms with van der Waals surface area (Å²) in [5.74, 6) is -0.302. The second-order valence-electron chi connectivity index (χ2n) is 3.87. The third-order valence-electron chi connectivity index (χ3n) is 2.40. The van der Waals surface area contributed by atoms with E-state index in [-0.39, 0.29) is 19.1 Å². The van der Waals surface area contributed by atoms with Gasteiger partial charge in [0.15, 0.2) is 0 Å². The second kappa shape index (κ2) is 7.61. The summed E-state index contributed by atoms with van der Waals surface area (Å²) in [6.07, 6.45) is 3.93. The molecule has 1 amide bonds. The Labute approximate surface area is 130 Å². The van der Waals surface area contributed by atoms with Gasteiger partial charge in [0.1, 0.15) is 32.1 Å². The largest absolute Gasteiger partial charge is 0.390 e. The van der Waals surface area contributed by atoms with Crippen LogP contribution in [0.5, 0.6) is 0 Å². The van der Waals surface area contributed by atoms with Crippen molar-refractivity contribution in [1.29, 1.82) is 0 Å². The molecule has 0 radical (unpaired) electrons. The summed E-state index contributed by atoms with van der Waals surface area (Å²) in [4.78, 5) is 20.2. The van der Waals surface area contributed by atoms with E-state index in [1.54, 1.807) is 18.2 Å². The van der Waals surface area contributed by atoms with Crippen molar-refractivity contribution in [3.05, 3.63) is 46.5 Å². The van der Waals surface area contributed by atoms with Gasteiger partial charge in [-0.15, -0.1) is 0 Å². The van der Waals surface area contributed by atoms with Crippen LogP contribution in [0.3, 0.4) is 0 Å². The van der Waals surface area contributed by atoms with E-state index in [4.69, 9.17) is 28.0 Å². The monoisotopic (exact) mass is 327 g/mol. The summed E-state index contributed by atoms with van der Waals surface area (Å²) in [5.41, 5.74) is 0.631. The maximum absolute atomic E-state index is 11.5. The van der Waals surface area contributed by atoms with Crippen molar-refractivity contribution in [1.82, 2.24) is 20.1 Å². The van der Waals surface area contributed by atoms with Crippen molar-refractivity contribution in [2.75, 3.05) is 0 Å². The van der Waals surface area contributed by atoms with Crippen molar-refractivity contribution in [2.45, 2.75) is 13.2 Å². The minimum absolute atomic E-state index is 0.0440. The van der Waals surface area contributed by atoms with Crippen LogP contribution in [0.25, 0.3) is 0 Å². The van der Waals surface area contributed by atoms with Gasteiger partial charge in [-0.25, -0.2) is 9.67 Å². The Kier molecular flexibility index (Phi) is 5.53. The first kappa shape index (κ1) is 15.3. The lowest BCUT2D eigenvalue weighted by Gasteiger charge is -2.05. The number of oxime groups is 1. The Hall–Kier alpha value is -2.12. The van der Waals surface area contributed by atoms with Crippen LogP contribution in [0.4, 0.5) is 0 Å². The standard InChI is InChI=1S/C12H11Cl2N5O2/c13-10-2-1-3-11(14)9(10)5-21-18-7-16-12(20)4-19-8-15-6-17-19/h1-3,6-8H,4-5H2,(H,16,18,20). The van der Waals surface area contributed by atoms with Crippen molar-refractivity contribution in [3.63, 3.8) is 0 Å².